The van der Waals surface area contributed by atoms with Gasteiger partial charge in [-0.1, -0.05) is 0 Å². The first-order valence-corrected chi connectivity index (χ1v) is 9.68. The highest BCUT2D eigenvalue weighted by molar-refractivity contribution is 5.93. The van der Waals surface area contributed by atoms with Crippen molar-refractivity contribution in [2.24, 2.45) is 11.8 Å². The van der Waals surface area contributed by atoms with Crippen LogP contribution in [-0.2, 0) is 17.8 Å². The Morgan fingerprint density at radius 2 is 1.65 bits per heavy atom. The van der Waals surface area contributed by atoms with Crippen molar-refractivity contribution >= 4 is 11.9 Å². The highest BCUT2D eigenvalue weighted by Crippen LogP contribution is 2.37. The van der Waals surface area contributed by atoms with Crippen LogP contribution < -0.4 is 0 Å². The van der Waals surface area contributed by atoms with E-state index in [2.05, 4.69) is 9.84 Å². The number of likely N-dealkylation sites (tertiary alicyclic amines) is 2. The molecule has 2 aliphatic heterocycles. The fraction of sp³-hybridized carbons (Fsp3) is 0.722. The number of ketones is 1. The molecule has 13 heteroatoms. The third-order valence-corrected chi connectivity index (χ3v) is 5.58. The van der Waals surface area contributed by atoms with Gasteiger partial charge in [-0.15, -0.1) is 0 Å². The van der Waals surface area contributed by atoms with Crippen LogP contribution in [0.2, 0.25) is 0 Å². The van der Waals surface area contributed by atoms with Crippen LogP contribution in [0.4, 0.5) is 31.1 Å². The standard InChI is InChI=1S/C18H22F6N4O3/c1-3-28-14(10(2)29)11(4-25-28)5-26-6-12-8-27(9-13(12)7-26)16(30)31-15(17(19,20)21)18(22,23)24/h4,12-13,15H,3,5-9H2,1-2H3. The van der Waals surface area contributed by atoms with Gasteiger partial charge < -0.3 is 9.64 Å². The molecule has 1 aromatic rings. The van der Waals surface area contributed by atoms with Gasteiger partial charge in [0.15, 0.2) is 5.78 Å². The Kier molecular flexibility index (Phi) is 6.27. The second-order valence-corrected chi connectivity index (χ2v) is 7.86. The topological polar surface area (TPSA) is 67.7 Å². The van der Waals surface area contributed by atoms with Gasteiger partial charge in [-0.3, -0.25) is 14.4 Å². The molecule has 1 aromatic heterocycles. The molecule has 0 radical (unpaired) electrons. The van der Waals surface area contributed by atoms with Gasteiger partial charge in [0.25, 0.3) is 6.10 Å². The van der Waals surface area contributed by atoms with Gasteiger partial charge in [-0.25, -0.2) is 4.79 Å². The molecule has 31 heavy (non-hydrogen) atoms. The summed E-state index contributed by atoms with van der Waals surface area (Å²) in [6.07, 6.45) is -15.6. The molecule has 1 amide bonds. The lowest BCUT2D eigenvalue weighted by atomic mass is 10.0. The Labute approximate surface area is 173 Å². The van der Waals surface area contributed by atoms with Crippen LogP contribution in [0, 0.1) is 11.8 Å². The third kappa shape index (κ3) is 4.96. The van der Waals surface area contributed by atoms with E-state index in [1.807, 2.05) is 11.8 Å². The van der Waals surface area contributed by atoms with Crippen molar-refractivity contribution in [1.29, 1.82) is 0 Å². The Bertz CT molecular complexity index is 809. The van der Waals surface area contributed by atoms with Crippen molar-refractivity contribution in [2.45, 2.75) is 45.4 Å². The average molecular weight is 456 g/mol. The summed E-state index contributed by atoms with van der Waals surface area (Å²) in [5.41, 5.74) is 1.26. The molecule has 0 aromatic carbocycles. The second kappa shape index (κ2) is 8.32. The van der Waals surface area contributed by atoms with E-state index in [1.54, 1.807) is 10.9 Å². The quantitative estimate of drug-likeness (QED) is 0.503. The monoisotopic (exact) mass is 456 g/mol. The lowest BCUT2D eigenvalue weighted by molar-refractivity contribution is -0.308. The summed E-state index contributed by atoms with van der Waals surface area (Å²) in [4.78, 5) is 26.8. The summed E-state index contributed by atoms with van der Waals surface area (Å²) in [6.45, 7) is 5.29. The molecular weight excluding hydrogens is 434 g/mol. The maximum atomic E-state index is 12.6. The highest BCUT2D eigenvalue weighted by atomic mass is 19.4. The summed E-state index contributed by atoms with van der Waals surface area (Å²) < 4.78 is 81.1. The molecule has 2 fully saturated rings. The van der Waals surface area contributed by atoms with Crippen LogP contribution in [0.1, 0.15) is 29.9 Å². The van der Waals surface area contributed by atoms with E-state index in [0.29, 0.717) is 31.9 Å². The molecule has 3 heterocycles. The highest BCUT2D eigenvalue weighted by Gasteiger charge is 2.60. The molecular formula is C18H22F6N4O3. The first kappa shape index (κ1) is 23.4. The zero-order valence-electron chi connectivity index (χ0n) is 16.8. The summed E-state index contributed by atoms with van der Waals surface area (Å²) in [5, 5.41) is 4.19. The van der Waals surface area contributed by atoms with Crippen molar-refractivity contribution < 1.29 is 40.7 Å². The van der Waals surface area contributed by atoms with Crippen molar-refractivity contribution in [3.63, 3.8) is 0 Å². The van der Waals surface area contributed by atoms with Crippen LogP contribution in [0.3, 0.4) is 0 Å². The molecule has 2 aliphatic rings. The van der Waals surface area contributed by atoms with Crippen LogP contribution >= 0.6 is 0 Å². The Balaban J connectivity index is 1.59. The summed E-state index contributed by atoms with van der Waals surface area (Å²) >= 11 is 0. The minimum Gasteiger partial charge on any atom is -0.426 e. The van der Waals surface area contributed by atoms with Gasteiger partial charge in [-0.05, 0) is 18.8 Å². The Morgan fingerprint density at radius 3 is 2.10 bits per heavy atom. The van der Waals surface area contributed by atoms with Gasteiger partial charge in [0.2, 0.25) is 0 Å². The van der Waals surface area contributed by atoms with Gasteiger partial charge in [-0.2, -0.15) is 31.4 Å². The number of hydrogen-bond donors (Lipinski definition) is 0. The maximum absolute atomic E-state index is 12.6. The summed E-state index contributed by atoms with van der Waals surface area (Å²) in [7, 11) is 0. The van der Waals surface area contributed by atoms with Crippen molar-refractivity contribution in [3.05, 3.63) is 17.5 Å². The molecule has 7 nitrogen and oxygen atoms in total. The number of carbonyl (C=O) groups is 2. The Morgan fingerprint density at radius 1 is 1.10 bits per heavy atom. The minimum atomic E-state index is -5.74. The molecule has 0 N–H and O–H groups in total. The number of amides is 1. The molecule has 0 bridgehead atoms. The van der Waals surface area contributed by atoms with E-state index in [1.165, 1.54) is 6.92 Å². The van der Waals surface area contributed by atoms with E-state index in [-0.39, 0.29) is 30.7 Å². The fourth-order valence-corrected chi connectivity index (χ4v) is 4.29. The van der Waals surface area contributed by atoms with Crippen molar-refractivity contribution in [1.82, 2.24) is 19.6 Å². The third-order valence-electron chi connectivity index (χ3n) is 5.58. The van der Waals surface area contributed by atoms with E-state index < -0.39 is 24.5 Å². The number of aryl methyl sites for hydroxylation is 1. The number of fused-ring (bicyclic) bond motifs is 1. The number of alkyl halides is 6. The maximum Gasteiger partial charge on any atom is 0.434 e. The predicted molar refractivity (Wildman–Crippen MR) is 94.1 cm³/mol. The number of rotatable bonds is 5. The number of Topliss-reactive ketones (excluding diaryl/α,β-unsaturated/α-hetero) is 1. The molecule has 2 saturated heterocycles. The van der Waals surface area contributed by atoms with Gasteiger partial charge in [0.05, 0.1) is 6.20 Å². The average Bonchev–Trinajstić information content (AvgIpc) is 3.30. The minimum absolute atomic E-state index is 0.0101. The summed E-state index contributed by atoms with van der Waals surface area (Å²) in [6, 6.07) is 0. The largest absolute Gasteiger partial charge is 0.434 e. The number of ether oxygens (including phenoxy) is 1. The zero-order valence-corrected chi connectivity index (χ0v) is 16.8. The molecule has 0 spiro atoms. The molecule has 2 atom stereocenters. The number of carbonyl (C=O) groups excluding carboxylic acids is 2. The normalized spacial score (nSPS) is 22.3. The van der Waals surface area contributed by atoms with E-state index in [9.17, 15) is 35.9 Å². The summed E-state index contributed by atoms with van der Waals surface area (Å²) in [5.74, 6) is -0.332. The van der Waals surface area contributed by atoms with Gasteiger partial charge >= 0.3 is 18.4 Å². The van der Waals surface area contributed by atoms with Crippen LogP contribution in [0.15, 0.2) is 6.20 Å². The first-order chi connectivity index (χ1) is 14.3. The molecule has 0 saturated carbocycles. The fourth-order valence-electron chi connectivity index (χ4n) is 4.29. The molecule has 2 unspecified atom stereocenters. The SMILES string of the molecule is CCn1ncc(CN2CC3CN(C(=O)OC(C(F)(F)F)C(F)(F)F)CC3C2)c1C(C)=O. The number of hydrogen-bond acceptors (Lipinski definition) is 5. The second-order valence-electron chi connectivity index (χ2n) is 7.86. The molecule has 174 valence electrons. The van der Waals surface area contributed by atoms with Crippen LogP contribution in [0.25, 0.3) is 0 Å². The van der Waals surface area contributed by atoms with Crippen LogP contribution in [-0.4, -0.2) is 76.1 Å². The lowest BCUT2D eigenvalue weighted by Crippen LogP contribution is -2.48. The van der Waals surface area contributed by atoms with Crippen LogP contribution in [0.5, 0.6) is 0 Å². The zero-order chi connectivity index (χ0) is 23.1. The number of halogens is 6. The smallest absolute Gasteiger partial charge is 0.426 e. The molecule has 3 rings (SSSR count). The van der Waals surface area contributed by atoms with Crippen molar-refractivity contribution in [2.75, 3.05) is 26.2 Å². The van der Waals surface area contributed by atoms with E-state index in [0.717, 1.165) is 10.5 Å². The predicted octanol–water partition coefficient (Wildman–Crippen LogP) is 3.10. The number of aromatic nitrogens is 2. The molecule has 0 aliphatic carbocycles. The van der Waals surface area contributed by atoms with E-state index in [4.69, 9.17) is 0 Å². The van der Waals surface area contributed by atoms with Crippen molar-refractivity contribution in [3.8, 4) is 0 Å². The first-order valence-electron chi connectivity index (χ1n) is 9.68. The van der Waals surface area contributed by atoms with Gasteiger partial charge in [0, 0.05) is 51.8 Å². The Hall–Kier alpha value is -2.31. The van der Waals surface area contributed by atoms with E-state index >= 15 is 0 Å². The van der Waals surface area contributed by atoms with Gasteiger partial charge in [0.1, 0.15) is 5.69 Å². The number of nitrogens with zero attached hydrogens (tertiary/aromatic N) is 4. The lowest BCUT2D eigenvalue weighted by Gasteiger charge is -2.26.